The lowest BCUT2D eigenvalue weighted by molar-refractivity contribution is -0.0738. The molecule has 2 fully saturated rings. The Balaban J connectivity index is 0.00000112. The smallest absolute Gasteiger partial charge is 0.0700 e. The van der Waals surface area contributed by atoms with Gasteiger partial charge in [-0.15, -0.1) is 12.4 Å². The molecule has 0 spiro atoms. The summed E-state index contributed by atoms with van der Waals surface area (Å²) >= 11 is 0. The molecule has 90 valence electrons. The molecule has 0 aromatic carbocycles. The predicted octanol–water partition coefficient (Wildman–Crippen LogP) is 2.45. The highest BCUT2D eigenvalue weighted by atomic mass is 35.5. The molecule has 1 saturated carbocycles. The average Bonchev–Trinajstić information content (AvgIpc) is 2.24. The number of halogens is 1. The molecule has 0 atom stereocenters. The SMILES string of the molecule is CN1CCC(O)(C2CCCCC2)CC1.Cl. The molecular weight excluding hydrogens is 210 g/mol. The molecule has 1 aliphatic carbocycles. The first-order chi connectivity index (χ1) is 6.71. The van der Waals surface area contributed by atoms with Crippen molar-refractivity contribution in [3.63, 3.8) is 0 Å². The molecule has 2 aliphatic rings. The number of nitrogens with zero attached hydrogens (tertiary/aromatic N) is 1. The minimum absolute atomic E-state index is 0. The van der Waals surface area contributed by atoms with Crippen LogP contribution >= 0.6 is 12.4 Å². The Morgan fingerprint density at radius 3 is 2.13 bits per heavy atom. The Bertz CT molecular complexity index is 184. The van der Waals surface area contributed by atoms with E-state index in [1.165, 1.54) is 32.1 Å². The summed E-state index contributed by atoms with van der Waals surface area (Å²) in [5.41, 5.74) is -0.313. The summed E-state index contributed by atoms with van der Waals surface area (Å²) < 4.78 is 0. The highest BCUT2D eigenvalue weighted by molar-refractivity contribution is 5.85. The van der Waals surface area contributed by atoms with Crippen LogP contribution in [0.5, 0.6) is 0 Å². The van der Waals surface area contributed by atoms with Crippen molar-refractivity contribution in [1.82, 2.24) is 4.90 Å². The molecule has 0 bridgehead atoms. The Morgan fingerprint density at radius 2 is 1.60 bits per heavy atom. The Kier molecular flexibility index (Phi) is 4.88. The van der Waals surface area contributed by atoms with Crippen molar-refractivity contribution in [2.45, 2.75) is 50.5 Å². The third-order valence-corrected chi connectivity index (χ3v) is 4.22. The largest absolute Gasteiger partial charge is 0.390 e. The molecule has 15 heavy (non-hydrogen) atoms. The van der Waals surface area contributed by atoms with Gasteiger partial charge < -0.3 is 10.0 Å². The molecule has 1 saturated heterocycles. The summed E-state index contributed by atoms with van der Waals surface area (Å²) in [5.74, 6) is 0.602. The summed E-state index contributed by atoms with van der Waals surface area (Å²) in [7, 11) is 2.15. The van der Waals surface area contributed by atoms with Gasteiger partial charge in [0.25, 0.3) is 0 Å². The maximum absolute atomic E-state index is 10.6. The number of aliphatic hydroxyl groups is 1. The van der Waals surface area contributed by atoms with Gasteiger partial charge in [0.05, 0.1) is 5.60 Å². The molecule has 0 unspecified atom stereocenters. The minimum Gasteiger partial charge on any atom is -0.390 e. The van der Waals surface area contributed by atoms with Gasteiger partial charge in [-0.25, -0.2) is 0 Å². The van der Waals surface area contributed by atoms with Gasteiger partial charge >= 0.3 is 0 Å². The van der Waals surface area contributed by atoms with E-state index in [0.29, 0.717) is 5.92 Å². The second-order valence-corrected chi connectivity index (χ2v) is 5.24. The fraction of sp³-hybridized carbons (Fsp3) is 1.00. The van der Waals surface area contributed by atoms with Gasteiger partial charge in [0, 0.05) is 13.1 Å². The van der Waals surface area contributed by atoms with Crippen LogP contribution in [0.15, 0.2) is 0 Å². The fourth-order valence-corrected chi connectivity index (χ4v) is 3.05. The van der Waals surface area contributed by atoms with Crippen LogP contribution in [-0.4, -0.2) is 35.7 Å². The average molecular weight is 234 g/mol. The second kappa shape index (κ2) is 5.51. The van der Waals surface area contributed by atoms with Crippen molar-refractivity contribution in [3.05, 3.63) is 0 Å². The van der Waals surface area contributed by atoms with E-state index in [4.69, 9.17) is 0 Å². The van der Waals surface area contributed by atoms with Crippen LogP contribution < -0.4 is 0 Å². The van der Waals surface area contributed by atoms with E-state index in [1.54, 1.807) is 0 Å². The topological polar surface area (TPSA) is 23.5 Å². The zero-order chi connectivity index (χ0) is 10.0. The van der Waals surface area contributed by atoms with Crippen LogP contribution in [0.2, 0.25) is 0 Å². The van der Waals surface area contributed by atoms with Crippen molar-refractivity contribution in [2.24, 2.45) is 5.92 Å². The van der Waals surface area contributed by atoms with Crippen molar-refractivity contribution in [3.8, 4) is 0 Å². The molecule has 1 N–H and O–H groups in total. The lowest BCUT2D eigenvalue weighted by Crippen LogP contribution is -2.48. The van der Waals surface area contributed by atoms with Gasteiger partial charge in [-0.05, 0) is 38.6 Å². The van der Waals surface area contributed by atoms with E-state index in [9.17, 15) is 5.11 Å². The minimum atomic E-state index is -0.313. The number of hydrogen-bond donors (Lipinski definition) is 1. The lowest BCUT2D eigenvalue weighted by Gasteiger charge is -2.43. The first-order valence-electron chi connectivity index (χ1n) is 6.12. The Morgan fingerprint density at radius 1 is 1.07 bits per heavy atom. The van der Waals surface area contributed by atoms with E-state index in [0.717, 1.165) is 25.9 Å². The van der Waals surface area contributed by atoms with Gasteiger partial charge in [0.15, 0.2) is 0 Å². The van der Waals surface area contributed by atoms with E-state index >= 15 is 0 Å². The monoisotopic (exact) mass is 233 g/mol. The molecule has 1 aliphatic heterocycles. The summed E-state index contributed by atoms with van der Waals surface area (Å²) in [6, 6.07) is 0. The summed E-state index contributed by atoms with van der Waals surface area (Å²) in [5, 5.41) is 10.6. The quantitative estimate of drug-likeness (QED) is 0.752. The highest BCUT2D eigenvalue weighted by Gasteiger charge is 2.38. The molecule has 3 heteroatoms. The number of hydrogen-bond acceptors (Lipinski definition) is 2. The lowest BCUT2D eigenvalue weighted by atomic mass is 9.72. The Hall–Kier alpha value is 0.210. The number of piperidine rings is 1. The van der Waals surface area contributed by atoms with E-state index < -0.39 is 0 Å². The van der Waals surface area contributed by atoms with Crippen LogP contribution in [0.4, 0.5) is 0 Å². The van der Waals surface area contributed by atoms with Crippen molar-refractivity contribution >= 4 is 12.4 Å². The maximum Gasteiger partial charge on any atom is 0.0700 e. The molecule has 0 aromatic rings. The standard InChI is InChI=1S/C12H23NO.ClH/c1-13-9-7-12(14,8-10-13)11-5-3-2-4-6-11;/h11,14H,2-10H2,1H3;1H. The van der Waals surface area contributed by atoms with Crippen LogP contribution in [0.3, 0.4) is 0 Å². The van der Waals surface area contributed by atoms with Crippen LogP contribution in [0.1, 0.15) is 44.9 Å². The summed E-state index contributed by atoms with van der Waals surface area (Å²) in [6.45, 7) is 2.15. The van der Waals surface area contributed by atoms with E-state index in [1.807, 2.05) is 0 Å². The molecule has 2 rings (SSSR count). The van der Waals surface area contributed by atoms with Gasteiger partial charge in [-0.3, -0.25) is 0 Å². The molecule has 1 heterocycles. The molecule has 0 radical (unpaired) electrons. The van der Waals surface area contributed by atoms with E-state index in [2.05, 4.69) is 11.9 Å². The van der Waals surface area contributed by atoms with Gasteiger partial charge in [-0.2, -0.15) is 0 Å². The third-order valence-electron chi connectivity index (χ3n) is 4.22. The molecule has 2 nitrogen and oxygen atoms in total. The van der Waals surface area contributed by atoms with Crippen LogP contribution in [0.25, 0.3) is 0 Å². The van der Waals surface area contributed by atoms with Gasteiger partial charge in [0.1, 0.15) is 0 Å². The second-order valence-electron chi connectivity index (χ2n) is 5.24. The zero-order valence-corrected chi connectivity index (χ0v) is 10.6. The van der Waals surface area contributed by atoms with Crippen molar-refractivity contribution in [1.29, 1.82) is 0 Å². The first kappa shape index (κ1) is 13.3. The molecule has 0 aromatic heterocycles. The maximum atomic E-state index is 10.6. The van der Waals surface area contributed by atoms with Crippen LogP contribution in [-0.2, 0) is 0 Å². The van der Waals surface area contributed by atoms with Gasteiger partial charge in [0.2, 0.25) is 0 Å². The van der Waals surface area contributed by atoms with Gasteiger partial charge in [-0.1, -0.05) is 19.3 Å². The molecular formula is C12H24ClNO. The van der Waals surface area contributed by atoms with Crippen molar-refractivity contribution in [2.75, 3.05) is 20.1 Å². The number of rotatable bonds is 1. The Labute approximate surface area is 99.4 Å². The number of likely N-dealkylation sites (tertiary alicyclic amines) is 1. The molecule has 0 amide bonds. The van der Waals surface area contributed by atoms with E-state index in [-0.39, 0.29) is 18.0 Å². The van der Waals surface area contributed by atoms with Crippen molar-refractivity contribution < 1.29 is 5.11 Å². The normalized spacial score (nSPS) is 28.4. The predicted molar refractivity (Wildman–Crippen MR) is 65.5 cm³/mol. The highest BCUT2D eigenvalue weighted by Crippen LogP contribution is 2.38. The fourth-order valence-electron chi connectivity index (χ4n) is 3.05. The summed E-state index contributed by atoms with van der Waals surface area (Å²) in [6.07, 6.45) is 8.57. The van der Waals surface area contributed by atoms with Crippen LogP contribution in [0, 0.1) is 5.92 Å². The zero-order valence-electron chi connectivity index (χ0n) is 9.74. The summed E-state index contributed by atoms with van der Waals surface area (Å²) in [4.78, 5) is 2.33. The first-order valence-corrected chi connectivity index (χ1v) is 6.12. The third kappa shape index (κ3) is 3.08.